The van der Waals surface area contributed by atoms with E-state index in [0.29, 0.717) is 17.0 Å². The van der Waals surface area contributed by atoms with Gasteiger partial charge in [-0.25, -0.2) is 0 Å². The van der Waals surface area contributed by atoms with Gasteiger partial charge in [-0.05, 0) is 37.9 Å². The van der Waals surface area contributed by atoms with Gasteiger partial charge in [-0.15, -0.1) is 11.8 Å². The lowest BCUT2D eigenvalue weighted by Gasteiger charge is -2.34. The molecule has 29 heavy (non-hydrogen) atoms. The Hall–Kier alpha value is -1.63. The maximum absolute atomic E-state index is 13.0. The molecule has 0 bridgehead atoms. The van der Waals surface area contributed by atoms with Crippen LogP contribution in [0.1, 0.15) is 29.6 Å². The Kier molecular flexibility index (Phi) is 6.13. The zero-order valence-electron chi connectivity index (χ0n) is 17.9. The molecule has 1 aromatic heterocycles. The van der Waals surface area contributed by atoms with E-state index in [2.05, 4.69) is 31.0 Å². The van der Waals surface area contributed by atoms with Crippen LogP contribution in [-0.4, -0.2) is 84.3 Å². The second-order valence-corrected chi connectivity index (χ2v) is 10.4. The number of hydrogen-bond acceptors (Lipinski definition) is 4. The molecule has 2 aliphatic rings. The van der Waals surface area contributed by atoms with Gasteiger partial charge >= 0.3 is 0 Å². The summed E-state index contributed by atoms with van der Waals surface area (Å²) in [5, 5.41) is 1.69. The Labute approximate surface area is 178 Å². The monoisotopic (exact) mass is 413 g/mol. The highest BCUT2D eigenvalue weighted by Gasteiger charge is 2.32. The Morgan fingerprint density at radius 1 is 1.24 bits per heavy atom. The van der Waals surface area contributed by atoms with E-state index >= 15 is 0 Å². The zero-order chi connectivity index (χ0) is 20.4. The van der Waals surface area contributed by atoms with Crippen LogP contribution in [0.2, 0.25) is 0 Å². The van der Waals surface area contributed by atoms with Crippen molar-refractivity contribution >= 4 is 33.5 Å². The van der Waals surface area contributed by atoms with Gasteiger partial charge in [0.2, 0.25) is 5.78 Å². The summed E-state index contributed by atoms with van der Waals surface area (Å²) in [5.74, 6) is 1.65. The number of ketones is 1. The van der Waals surface area contributed by atoms with Crippen LogP contribution < -0.4 is 0 Å². The van der Waals surface area contributed by atoms with E-state index in [1.165, 1.54) is 45.4 Å². The van der Waals surface area contributed by atoms with Crippen molar-refractivity contribution < 1.29 is 9.28 Å². The molecule has 1 N–H and O–H groups in total. The first-order chi connectivity index (χ1) is 13.9. The normalized spacial score (nSPS) is 21.6. The van der Waals surface area contributed by atoms with Crippen LogP contribution in [0.15, 0.2) is 35.5 Å². The first kappa shape index (κ1) is 20.6. The molecular weight excluding hydrogens is 380 g/mol. The lowest BCUT2D eigenvalue weighted by molar-refractivity contribution is -0.870. The highest BCUT2D eigenvalue weighted by Crippen LogP contribution is 2.32. The quantitative estimate of drug-likeness (QED) is 0.556. The van der Waals surface area contributed by atoms with Crippen LogP contribution in [0.4, 0.5) is 0 Å². The van der Waals surface area contributed by atoms with Crippen molar-refractivity contribution in [1.82, 2.24) is 9.88 Å². The number of aliphatic imine (C=N–C) groups is 1. The summed E-state index contributed by atoms with van der Waals surface area (Å²) >= 11 is 1.65. The Morgan fingerprint density at radius 2 is 2.00 bits per heavy atom. The van der Waals surface area contributed by atoms with Gasteiger partial charge in [-0.2, -0.15) is 0 Å². The number of thioether (sulfide) groups is 1. The average molecular weight is 414 g/mol. The predicted molar refractivity (Wildman–Crippen MR) is 123 cm³/mol. The van der Waals surface area contributed by atoms with Crippen molar-refractivity contribution in [3.8, 4) is 0 Å². The van der Waals surface area contributed by atoms with Crippen LogP contribution >= 0.6 is 11.8 Å². The molecule has 4 rings (SSSR count). The minimum atomic E-state index is 0.0766. The molecule has 1 fully saturated rings. The maximum atomic E-state index is 13.0. The van der Waals surface area contributed by atoms with E-state index in [4.69, 9.17) is 4.99 Å². The number of para-hydroxylation sites is 1. The van der Waals surface area contributed by atoms with Crippen LogP contribution in [0.5, 0.6) is 0 Å². The fraction of sp³-hybridized carbons (Fsp3) is 0.565. The van der Waals surface area contributed by atoms with Gasteiger partial charge in [0.15, 0.2) is 0 Å². The van der Waals surface area contributed by atoms with Crippen molar-refractivity contribution in [2.45, 2.75) is 25.3 Å². The number of carbonyl (C=O) groups excluding carboxylic acids is 1. The number of fused-ring (bicyclic) bond motifs is 1. The molecule has 2 aromatic rings. The molecule has 6 heteroatoms. The minimum absolute atomic E-state index is 0.0766. The summed E-state index contributed by atoms with van der Waals surface area (Å²) in [5.41, 5.74) is 1.76. The van der Waals surface area contributed by atoms with Crippen molar-refractivity contribution in [1.29, 1.82) is 0 Å². The third-order valence-electron chi connectivity index (χ3n) is 6.18. The van der Waals surface area contributed by atoms with Crippen LogP contribution in [0.25, 0.3) is 10.9 Å². The second-order valence-electron chi connectivity index (χ2n) is 9.44. The van der Waals surface area contributed by atoms with Crippen LogP contribution in [-0.2, 0) is 0 Å². The first-order valence-electron chi connectivity index (χ1n) is 10.7. The van der Waals surface area contributed by atoms with Gasteiger partial charge < -0.3 is 14.4 Å². The highest BCUT2D eigenvalue weighted by molar-refractivity contribution is 8.16. The van der Waals surface area contributed by atoms with Gasteiger partial charge in [-0.3, -0.25) is 9.79 Å². The number of carbonyl (C=O) groups is 1. The van der Waals surface area contributed by atoms with Gasteiger partial charge in [0.1, 0.15) is 5.04 Å². The number of likely N-dealkylation sites (tertiary alicyclic amines) is 1. The molecule has 1 saturated heterocycles. The summed E-state index contributed by atoms with van der Waals surface area (Å²) in [6.07, 6.45) is 5.49. The number of nitrogens with one attached hydrogen (secondary N) is 1. The highest BCUT2D eigenvalue weighted by atomic mass is 32.2. The SMILES string of the molecule is C[N+](C)(C)CCCN1CCC(C2CSC(C(=O)c3c[nH]c4ccccc34)=N2)CC1. The largest absolute Gasteiger partial charge is 0.360 e. The lowest BCUT2D eigenvalue weighted by atomic mass is 9.90. The van der Waals surface area contributed by atoms with Gasteiger partial charge in [0.25, 0.3) is 0 Å². The standard InChI is InChI=1S/C23H32N4OS/c1-27(2,3)14-6-11-26-12-9-17(10-13-26)21-16-29-23(25-21)22(28)19-15-24-20-8-5-4-7-18(19)20/h4-5,7-8,15,17,21H,6,9-14,16H2,1-3H3/p+1. The van der Waals surface area contributed by atoms with Crippen molar-refractivity contribution in [3.05, 3.63) is 36.0 Å². The molecule has 0 radical (unpaired) electrons. The molecule has 1 atom stereocenters. The van der Waals surface area contributed by atoms with E-state index < -0.39 is 0 Å². The number of rotatable bonds is 7. The first-order valence-corrected chi connectivity index (χ1v) is 11.7. The number of nitrogens with zero attached hydrogens (tertiary/aromatic N) is 3. The molecule has 0 saturated carbocycles. The molecular formula is C23H33N4OS+. The molecule has 2 aliphatic heterocycles. The molecule has 1 aromatic carbocycles. The number of H-pyrrole nitrogens is 1. The maximum Gasteiger partial charge on any atom is 0.219 e. The second kappa shape index (κ2) is 8.62. The van der Waals surface area contributed by atoms with Crippen molar-refractivity contribution in [2.75, 3.05) is 53.1 Å². The molecule has 0 aliphatic carbocycles. The molecule has 3 heterocycles. The summed E-state index contributed by atoms with van der Waals surface area (Å²) in [6, 6.07) is 8.28. The Balaban J connectivity index is 1.32. The minimum Gasteiger partial charge on any atom is -0.360 e. The fourth-order valence-electron chi connectivity index (χ4n) is 4.46. The Bertz CT molecular complexity index is 890. The summed E-state index contributed by atoms with van der Waals surface area (Å²) in [6.45, 7) is 4.77. The van der Waals surface area contributed by atoms with E-state index in [9.17, 15) is 4.79 Å². The fourth-order valence-corrected chi connectivity index (χ4v) is 5.59. The van der Waals surface area contributed by atoms with Gasteiger partial charge in [0, 0.05) is 35.8 Å². The molecule has 1 unspecified atom stereocenters. The van der Waals surface area contributed by atoms with E-state index in [-0.39, 0.29) is 5.78 Å². The molecule has 156 valence electrons. The van der Waals surface area contributed by atoms with Crippen molar-refractivity contribution in [2.24, 2.45) is 10.9 Å². The molecule has 5 nitrogen and oxygen atoms in total. The summed E-state index contributed by atoms with van der Waals surface area (Å²) in [7, 11) is 6.78. The zero-order valence-corrected chi connectivity index (χ0v) is 18.7. The number of hydrogen-bond donors (Lipinski definition) is 1. The number of quaternary nitrogens is 1. The smallest absolute Gasteiger partial charge is 0.219 e. The summed E-state index contributed by atoms with van der Waals surface area (Å²) < 4.78 is 1.04. The number of Topliss-reactive ketones (excluding diaryl/α,β-unsaturated/α-hetero) is 1. The molecule has 0 spiro atoms. The Morgan fingerprint density at radius 3 is 2.76 bits per heavy atom. The van der Waals surface area contributed by atoms with E-state index in [1.54, 1.807) is 11.8 Å². The summed E-state index contributed by atoms with van der Waals surface area (Å²) in [4.78, 5) is 23.7. The number of benzene rings is 1. The number of piperidine rings is 1. The van der Waals surface area contributed by atoms with Gasteiger partial charge in [-0.1, -0.05) is 18.2 Å². The van der Waals surface area contributed by atoms with E-state index in [0.717, 1.165) is 26.7 Å². The number of aromatic amines is 1. The number of aromatic nitrogens is 1. The third kappa shape index (κ3) is 4.93. The van der Waals surface area contributed by atoms with Gasteiger partial charge in [0.05, 0.1) is 39.3 Å². The van der Waals surface area contributed by atoms with Crippen LogP contribution in [0, 0.1) is 5.92 Å². The molecule has 0 amide bonds. The average Bonchev–Trinajstić information content (AvgIpc) is 3.35. The van der Waals surface area contributed by atoms with E-state index in [1.807, 2.05) is 30.5 Å². The third-order valence-corrected chi connectivity index (χ3v) is 7.25. The topological polar surface area (TPSA) is 48.5 Å². The predicted octanol–water partition coefficient (Wildman–Crippen LogP) is 3.67. The lowest BCUT2D eigenvalue weighted by Crippen LogP contribution is -2.41. The van der Waals surface area contributed by atoms with Crippen LogP contribution in [0.3, 0.4) is 0 Å². The van der Waals surface area contributed by atoms with Crippen molar-refractivity contribution in [3.63, 3.8) is 0 Å².